The van der Waals surface area contributed by atoms with Crippen LogP contribution in [0, 0.1) is 0 Å². The Balaban J connectivity index is 1.74. The SMILES string of the molecule is CCC(/C=C1\Sc2ccccc2N1CCO)=C\c1sc2ccccc2[n+]1CCO. The summed E-state index contributed by atoms with van der Waals surface area (Å²) < 4.78 is 3.41. The molecule has 0 saturated carbocycles. The number of hydrogen-bond donors (Lipinski definition) is 2. The Kier molecular flexibility index (Phi) is 6.35. The zero-order valence-corrected chi connectivity index (χ0v) is 18.0. The number of para-hydroxylation sites is 2. The molecule has 0 radical (unpaired) electrons. The first-order chi connectivity index (χ1) is 14.2. The third-order valence-corrected chi connectivity index (χ3v) is 7.17. The second-order valence-electron chi connectivity index (χ2n) is 6.78. The number of aliphatic hydroxyl groups is 2. The summed E-state index contributed by atoms with van der Waals surface area (Å²) >= 11 is 3.50. The van der Waals surface area contributed by atoms with E-state index in [-0.39, 0.29) is 13.2 Å². The number of hydrogen-bond acceptors (Lipinski definition) is 5. The second kappa shape index (κ2) is 9.13. The van der Waals surface area contributed by atoms with Crippen LogP contribution in [-0.2, 0) is 6.54 Å². The van der Waals surface area contributed by atoms with Gasteiger partial charge in [-0.25, -0.2) is 0 Å². The number of thiazole rings is 1. The maximum absolute atomic E-state index is 9.55. The summed E-state index contributed by atoms with van der Waals surface area (Å²) in [4.78, 5) is 3.41. The Hall–Kier alpha value is -2.12. The van der Waals surface area contributed by atoms with Crippen LogP contribution in [0.4, 0.5) is 5.69 Å². The maximum atomic E-state index is 9.55. The van der Waals surface area contributed by atoms with Gasteiger partial charge in [-0.05, 0) is 36.3 Å². The van der Waals surface area contributed by atoms with Crippen molar-refractivity contribution >= 4 is 45.1 Å². The van der Waals surface area contributed by atoms with E-state index < -0.39 is 0 Å². The molecule has 1 aliphatic rings. The van der Waals surface area contributed by atoms with Crippen molar-refractivity contribution in [2.75, 3.05) is 24.7 Å². The lowest BCUT2D eigenvalue weighted by atomic mass is 10.2. The van der Waals surface area contributed by atoms with Gasteiger partial charge in [-0.15, -0.1) is 0 Å². The number of β-amino-alcohol motifs (C(OH)–C–C–N with tert-alkyl or cyclic N) is 1. The predicted molar refractivity (Wildman–Crippen MR) is 122 cm³/mol. The van der Waals surface area contributed by atoms with Crippen molar-refractivity contribution < 1.29 is 14.8 Å². The van der Waals surface area contributed by atoms with E-state index in [1.54, 1.807) is 23.1 Å². The molecule has 0 unspecified atom stereocenters. The van der Waals surface area contributed by atoms with Crippen LogP contribution >= 0.6 is 23.1 Å². The molecule has 2 aromatic carbocycles. The van der Waals surface area contributed by atoms with Gasteiger partial charge in [0.15, 0.2) is 6.54 Å². The van der Waals surface area contributed by atoms with Crippen LogP contribution in [0.5, 0.6) is 0 Å². The molecule has 0 amide bonds. The Morgan fingerprint density at radius 3 is 2.66 bits per heavy atom. The van der Waals surface area contributed by atoms with Gasteiger partial charge in [-0.2, -0.15) is 4.57 Å². The molecule has 29 heavy (non-hydrogen) atoms. The third-order valence-electron chi connectivity index (χ3n) is 4.95. The standard InChI is InChI=1S/C23H25N2O2S2/c1-2-17(15-22-24(11-13-26)18-7-3-5-9-20(18)28-22)16-23-25(12-14-27)19-8-4-6-10-21(19)29-23/h3-10,15-16,26-27H,2,11-14H2,1H3/q+1. The zero-order valence-electron chi connectivity index (χ0n) is 16.4. The topological polar surface area (TPSA) is 47.6 Å². The first-order valence-electron chi connectivity index (χ1n) is 9.85. The summed E-state index contributed by atoms with van der Waals surface area (Å²) in [5.74, 6) is 0. The van der Waals surface area contributed by atoms with E-state index in [0.717, 1.165) is 27.7 Å². The lowest BCUT2D eigenvalue weighted by Gasteiger charge is -2.19. The van der Waals surface area contributed by atoms with E-state index >= 15 is 0 Å². The molecular formula is C23H25N2O2S2+. The van der Waals surface area contributed by atoms with Gasteiger partial charge in [-0.1, -0.05) is 54.3 Å². The Labute approximate surface area is 179 Å². The van der Waals surface area contributed by atoms with E-state index in [9.17, 15) is 10.2 Å². The Bertz CT molecular complexity index is 1070. The fourth-order valence-corrected chi connectivity index (χ4v) is 5.87. The van der Waals surface area contributed by atoms with Gasteiger partial charge in [0, 0.05) is 23.6 Å². The molecular weight excluding hydrogens is 400 g/mol. The molecule has 1 aliphatic heterocycles. The number of allylic oxidation sites excluding steroid dienone is 2. The summed E-state index contributed by atoms with van der Waals surface area (Å²) in [5.41, 5.74) is 3.54. The summed E-state index contributed by atoms with van der Waals surface area (Å²) in [5, 5.41) is 21.4. The number of thioether (sulfide) groups is 1. The molecule has 0 fully saturated rings. The fraction of sp³-hybridized carbons (Fsp3) is 0.261. The minimum atomic E-state index is 0.115. The van der Waals surface area contributed by atoms with Gasteiger partial charge < -0.3 is 15.1 Å². The molecule has 0 aliphatic carbocycles. The van der Waals surface area contributed by atoms with Crippen molar-refractivity contribution in [3.8, 4) is 0 Å². The Morgan fingerprint density at radius 1 is 1.07 bits per heavy atom. The summed E-state index contributed by atoms with van der Waals surface area (Å²) in [6.07, 6.45) is 5.36. The zero-order chi connectivity index (χ0) is 20.2. The van der Waals surface area contributed by atoms with E-state index in [1.807, 2.05) is 12.1 Å². The van der Waals surface area contributed by atoms with E-state index in [1.165, 1.54) is 15.2 Å². The number of aliphatic hydroxyl groups excluding tert-OH is 2. The molecule has 6 heteroatoms. The predicted octanol–water partition coefficient (Wildman–Crippen LogP) is 4.42. The van der Waals surface area contributed by atoms with Gasteiger partial charge in [0.2, 0.25) is 5.52 Å². The molecule has 3 aromatic rings. The number of nitrogens with zero attached hydrogens (tertiary/aromatic N) is 2. The molecule has 0 spiro atoms. The molecule has 2 heterocycles. The highest BCUT2D eigenvalue weighted by Crippen LogP contribution is 2.46. The van der Waals surface area contributed by atoms with Crippen LogP contribution in [0.2, 0.25) is 0 Å². The molecule has 4 rings (SSSR count). The van der Waals surface area contributed by atoms with Gasteiger partial charge in [0.25, 0.3) is 5.01 Å². The van der Waals surface area contributed by atoms with Crippen LogP contribution < -0.4 is 9.47 Å². The van der Waals surface area contributed by atoms with Gasteiger partial charge in [0.05, 0.1) is 17.3 Å². The monoisotopic (exact) mass is 425 g/mol. The van der Waals surface area contributed by atoms with E-state index in [4.69, 9.17) is 0 Å². The molecule has 0 atom stereocenters. The van der Waals surface area contributed by atoms with Crippen LogP contribution in [-0.4, -0.2) is 30.0 Å². The smallest absolute Gasteiger partial charge is 0.263 e. The van der Waals surface area contributed by atoms with Crippen molar-refractivity contribution in [3.05, 3.63) is 70.2 Å². The quantitative estimate of drug-likeness (QED) is 0.550. The normalized spacial score (nSPS) is 15.5. The first kappa shape index (κ1) is 20.2. The first-order valence-corrected chi connectivity index (χ1v) is 11.5. The van der Waals surface area contributed by atoms with Crippen molar-refractivity contribution in [1.29, 1.82) is 0 Å². The summed E-state index contributed by atoms with van der Waals surface area (Å²) in [6, 6.07) is 16.7. The maximum Gasteiger partial charge on any atom is 0.263 e. The molecule has 2 N–H and O–H groups in total. The molecule has 150 valence electrons. The third kappa shape index (κ3) is 4.12. The number of benzene rings is 2. The van der Waals surface area contributed by atoms with E-state index in [0.29, 0.717) is 13.1 Å². The van der Waals surface area contributed by atoms with Crippen molar-refractivity contribution in [2.24, 2.45) is 0 Å². The number of aromatic nitrogens is 1. The lowest BCUT2D eigenvalue weighted by Crippen LogP contribution is -2.36. The lowest BCUT2D eigenvalue weighted by molar-refractivity contribution is -0.670. The summed E-state index contributed by atoms with van der Waals surface area (Å²) in [7, 11) is 0. The van der Waals surface area contributed by atoms with Crippen molar-refractivity contribution in [3.63, 3.8) is 0 Å². The average Bonchev–Trinajstić information content (AvgIpc) is 3.26. The number of rotatable bonds is 7. The van der Waals surface area contributed by atoms with Crippen LogP contribution in [0.15, 0.2) is 70.1 Å². The Morgan fingerprint density at radius 2 is 1.86 bits per heavy atom. The van der Waals surface area contributed by atoms with Gasteiger partial charge in [-0.3, -0.25) is 0 Å². The minimum Gasteiger partial charge on any atom is -0.395 e. The average molecular weight is 426 g/mol. The van der Waals surface area contributed by atoms with Crippen molar-refractivity contribution in [2.45, 2.75) is 24.8 Å². The minimum absolute atomic E-state index is 0.115. The fourth-order valence-electron chi connectivity index (χ4n) is 3.54. The van der Waals surface area contributed by atoms with Gasteiger partial charge >= 0.3 is 0 Å². The number of fused-ring (bicyclic) bond motifs is 2. The molecule has 4 nitrogen and oxygen atoms in total. The van der Waals surface area contributed by atoms with Crippen LogP contribution in [0.3, 0.4) is 0 Å². The van der Waals surface area contributed by atoms with Gasteiger partial charge in [0.1, 0.15) is 11.3 Å². The highest BCUT2D eigenvalue weighted by molar-refractivity contribution is 8.03. The molecule has 0 bridgehead atoms. The largest absolute Gasteiger partial charge is 0.395 e. The summed E-state index contributed by atoms with van der Waals surface area (Å²) in [6.45, 7) is 3.56. The van der Waals surface area contributed by atoms with Crippen molar-refractivity contribution in [1.82, 2.24) is 0 Å². The second-order valence-corrected chi connectivity index (χ2v) is 8.91. The molecule has 0 saturated heterocycles. The van der Waals surface area contributed by atoms with Crippen LogP contribution in [0.25, 0.3) is 16.3 Å². The van der Waals surface area contributed by atoms with E-state index in [2.05, 4.69) is 64.9 Å². The van der Waals surface area contributed by atoms with Crippen LogP contribution in [0.1, 0.15) is 18.4 Å². The number of anilines is 1. The highest BCUT2D eigenvalue weighted by Gasteiger charge is 2.25. The highest BCUT2D eigenvalue weighted by atomic mass is 32.2. The molecule has 1 aromatic heterocycles.